The van der Waals surface area contributed by atoms with Crippen LogP contribution in [0.25, 0.3) is 10.9 Å². The van der Waals surface area contributed by atoms with E-state index in [0.717, 1.165) is 22.2 Å². The second kappa shape index (κ2) is 5.66. The Hall–Kier alpha value is -2.82. The summed E-state index contributed by atoms with van der Waals surface area (Å²) in [6.07, 6.45) is 5.28. The monoisotopic (exact) mass is 280 g/mol. The van der Waals surface area contributed by atoms with E-state index < -0.39 is 0 Å². The molecule has 0 aliphatic carbocycles. The van der Waals surface area contributed by atoms with Gasteiger partial charge >= 0.3 is 6.03 Å². The van der Waals surface area contributed by atoms with E-state index in [1.54, 1.807) is 12.4 Å². The molecule has 0 saturated carbocycles. The van der Waals surface area contributed by atoms with Crippen molar-refractivity contribution in [3.63, 3.8) is 0 Å². The molecule has 0 bridgehead atoms. The third kappa shape index (κ3) is 2.86. The molecule has 1 unspecified atom stereocenters. The lowest BCUT2D eigenvalue weighted by Gasteiger charge is -2.15. The van der Waals surface area contributed by atoms with Crippen molar-refractivity contribution in [3.05, 3.63) is 60.6 Å². The van der Waals surface area contributed by atoms with Gasteiger partial charge < -0.3 is 15.6 Å². The molecule has 0 aliphatic heterocycles. The minimum Gasteiger partial charge on any atom is -0.361 e. The van der Waals surface area contributed by atoms with Gasteiger partial charge in [-0.3, -0.25) is 4.98 Å². The molecule has 0 spiro atoms. The van der Waals surface area contributed by atoms with Crippen LogP contribution in [0.15, 0.2) is 55.0 Å². The van der Waals surface area contributed by atoms with Crippen molar-refractivity contribution in [2.24, 2.45) is 0 Å². The van der Waals surface area contributed by atoms with Crippen LogP contribution < -0.4 is 10.6 Å². The standard InChI is InChI=1S/C16H16N4O/c1-11(12-5-8-17-9-6-12)19-16(21)20-15-4-2-3-14-13(15)7-10-18-14/h2-11,18H,1H3,(H2,19,20,21). The summed E-state index contributed by atoms with van der Waals surface area (Å²) >= 11 is 0. The van der Waals surface area contributed by atoms with Crippen LogP contribution in [0.1, 0.15) is 18.5 Å². The fourth-order valence-corrected chi connectivity index (χ4v) is 2.28. The van der Waals surface area contributed by atoms with E-state index in [9.17, 15) is 4.79 Å². The van der Waals surface area contributed by atoms with Crippen LogP contribution in [0, 0.1) is 0 Å². The molecule has 106 valence electrons. The lowest BCUT2D eigenvalue weighted by atomic mass is 10.1. The maximum absolute atomic E-state index is 12.1. The molecule has 1 atom stereocenters. The average Bonchev–Trinajstić information content (AvgIpc) is 2.97. The van der Waals surface area contributed by atoms with Crippen molar-refractivity contribution in [1.82, 2.24) is 15.3 Å². The molecule has 1 aromatic carbocycles. The van der Waals surface area contributed by atoms with Gasteiger partial charge in [-0.2, -0.15) is 0 Å². The number of carbonyl (C=O) groups excluding carboxylic acids is 1. The summed E-state index contributed by atoms with van der Waals surface area (Å²) in [6.45, 7) is 1.94. The third-order valence-corrected chi connectivity index (χ3v) is 3.40. The van der Waals surface area contributed by atoms with Gasteiger partial charge in [-0.1, -0.05) is 6.07 Å². The quantitative estimate of drug-likeness (QED) is 0.687. The Bertz CT molecular complexity index is 751. The van der Waals surface area contributed by atoms with E-state index in [0.29, 0.717) is 0 Å². The summed E-state index contributed by atoms with van der Waals surface area (Å²) < 4.78 is 0. The minimum atomic E-state index is -0.229. The first kappa shape index (κ1) is 13.2. The lowest BCUT2D eigenvalue weighted by molar-refractivity contribution is 0.249. The van der Waals surface area contributed by atoms with Crippen molar-refractivity contribution in [2.45, 2.75) is 13.0 Å². The van der Waals surface area contributed by atoms with Crippen molar-refractivity contribution < 1.29 is 4.79 Å². The molecule has 21 heavy (non-hydrogen) atoms. The molecule has 5 heteroatoms. The maximum Gasteiger partial charge on any atom is 0.319 e. The second-order valence-corrected chi connectivity index (χ2v) is 4.85. The van der Waals surface area contributed by atoms with Gasteiger partial charge in [0.05, 0.1) is 11.7 Å². The van der Waals surface area contributed by atoms with Crippen LogP contribution in [0.5, 0.6) is 0 Å². The Morgan fingerprint density at radius 3 is 2.81 bits per heavy atom. The number of fused-ring (bicyclic) bond motifs is 1. The highest BCUT2D eigenvalue weighted by Gasteiger charge is 2.10. The van der Waals surface area contributed by atoms with E-state index in [4.69, 9.17) is 0 Å². The summed E-state index contributed by atoms with van der Waals surface area (Å²) in [6, 6.07) is 11.2. The van der Waals surface area contributed by atoms with Crippen molar-refractivity contribution in [3.8, 4) is 0 Å². The number of benzene rings is 1. The molecular weight excluding hydrogens is 264 g/mol. The second-order valence-electron chi connectivity index (χ2n) is 4.85. The molecule has 3 rings (SSSR count). The highest BCUT2D eigenvalue weighted by atomic mass is 16.2. The van der Waals surface area contributed by atoms with Crippen LogP contribution in [0.4, 0.5) is 10.5 Å². The Balaban J connectivity index is 1.71. The molecule has 2 amide bonds. The number of hydrogen-bond acceptors (Lipinski definition) is 2. The number of aromatic nitrogens is 2. The smallest absolute Gasteiger partial charge is 0.319 e. The van der Waals surface area contributed by atoms with E-state index in [2.05, 4.69) is 20.6 Å². The van der Waals surface area contributed by atoms with Gasteiger partial charge in [0, 0.05) is 29.5 Å². The summed E-state index contributed by atoms with van der Waals surface area (Å²) in [5.74, 6) is 0. The summed E-state index contributed by atoms with van der Waals surface area (Å²) in [7, 11) is 0. The number of carbonyl (C=O) groups is 1. The number of hydrogen-bond donors (Lipinski definition) is 3. The van der Waals surface area contributed by atoms with E-state index >= 15 is 0 Å². The Morgan fingerprint density at radius 1 is 1.19 bits per heavy atom. The highest BCUT2D eigenvalue weighted by molar-refractivity contribution is 6.00. The largest absolute Gasteiger partial charge is 0.361 e. The minimum absolute atomic E-state index is 0.0848. The van der Waals surface area contributed by atoms with Gasteiger partial charge in [0.1, 0.15) is 0 Å². The number of H-pyrrole nitrogens is 1. The fraction of sp³-hybridized carbons (Fsp3) is 0.125. The fourth-order valence-electron chi connectivity index (χ4n) is 2.28. The molecule has 2 heterocycles. The summed E-state index contributed by atoms with van der Waals surface area (Å²) in [4.78, 5) is 19.2. The topological polar surface area (TPSA) is 69.8 Å². The van der Waals surface area contributed by atoms with Gasteiger partial charge in [-0.15, -0.1) is 0 Å². The predicted molar refractivity (Wildman–Crippen MR) is 83.1 cm³/mol. The highest BCUT2D eigenvalue weighted by Crippen LogP contribution is 2.22. The van der Waals surface area contributed by atoms with Gasteiger partial charge in [-0.25, -0.2) is 4.79 Å². The molecule has 5 nitrogen and oxygen atoms in total. The zero-order valence-electron chi connectivity index (χ0n) is 11.6. The van der Waals surface area contributed by atoms with Crippen LogP contribution in [0.3, 0.4) is 0 Å². The van der Waals surface area contributed by atoms with Gasteiger partial charge in [0.15, 0.2) is 0 Å². The van der Waals surface area contributed by atoms with Crippen molar-refractivity contribution in [2.75, 3.05) is 5.32 Å². The van der Waals surface area contributed by atoms with Gasteiger partial charge in [0.25, 0.3) is 0 Å². The van der Waals surface area contributed by atoms with E-state index in [1.807, 2.05) is 49.5 Å². The SMILES string of the molecule is CC(NC(=O)Nc1cccc2[nH]ccc12)c1ccncc1. The number of anilines is 1. The van der Waals surface area contributed by atoms with Crippen molar-refractivity contribution in [1.29, 1.82) is 0 Å². The number of nitrogens with zero attached hydrogens (tertiary/aromatic N) is 1. The first-order valence-electron chi connectivity index (χ1n) is 6.77. The van der Waals surface area contributed by atoms with Gasteiger partial charge in [0.2, 0.25) is 0 Å². The number of rotatable bonds is 3. The molecule has 0 radical (unpaired) electrons. The third-order valence-electron chi connectivity index (χ3n) is 3.40. The number of amides is 2. The maximum atomic E-state index is 12.1. The van der Waals surface area contributed by atoms with E-state index in [-0.39, 0.29) is 12.1 Å². The Labute approximate surface area is 122 Å². The molecule has 2 aromatic heterocycles. The van der Waals surface area contributed by atoms with Crippen LogP contribution >= 0.6 is 0 Å². The first-order valence-corrected chi connectivity index (χ1v) is 6.77. The molecule has 3 N–H and O–H groups in total. The number of aromatic amines is 1. The van der Waals surface area contributed by atoms with Crippen molar-refractivity contribution >= 4 is 22.6 Å². The zero-order chi connectivity index (χ0) is 14.7. The van der Waals surface area contributed by atoms with E-state index in [1.165, 1.54) is 0 Å². The lowest BCUT2D eigenvalue weighted by Crippen LogP contribution is -2.31. The summed E-state index contributed by atoms with van der Waals surface area (Å²) in [5, 5.41) is 6.79. The first-order chi connectivity index (χ1) is 10.2. The summed E-state index contributed by atoms with van der Waals surface area (Å²) in [5.41, 5.74) is 2.79. The molecule has 3 aromatic rings. The normalized spacial score (nSPS) is 12.0. The van der Waals surface area contributed by atoms with Gasteiger partial charge in [-0.05, 0) is 42.8 Å². The number of urea groups is 1. The zero-order valence-corrected chi connectivity index (χ0v) is 11.6. The molecular formula is C16H16N4O. The number of pyridine rings is 1. The molecule has 0 fully saturated rings. The predicted octanol–water partition coefficient (Wildman–Crippen LogP) is 3.45. The van der Waals surface area contributed by atoms with Crippen LogP contribution in [0.2, 0.25) is 0 Å². The van der Waals surface area contributed by atoms with Crippen LogP contribution in [-0.2, 0) is 0 Å². The molecule has 0 aliphatic rings. The molecule has 0 saturated heterocycles. The Morgan fingerprint density at radius 2 is 2.00 bits per heavy atom. The number of nitrogens with one attached hydrogen (secondary N) is 3. The van der Waals surface area contributed by atoms with Crippen LogP contribution in [-0.4, -0.2) is 16.0 Å². The average molecular weight is 280 g/mol. The Kier molecular flexibility index (Phi) is 3.55.